The summed E-state index contributed by atoms with van der Waals surface area (Å²) in [4.78, 5) is 4.11. The van der Waals surface area contributed by atoms with Crippen molar-refractivity contribution in [3.05, 3.63) is 16.1 Å². The number of nitrogens with zero attached hydrogens (tertiary/aromatic N) is 1. The van der Waals surface area contributed by atoms with Crippen molar-refractivity contribution in [1.82, 2.24) is 4.98 Å². The maximum absolute atomic E-state index is 12.0. The Kier molecular flexibility index (Phi) is 3.17. The van der Waals surface area contributed by atoms with Crippen LogP contribution < -0.4 is 0 Å². The van der Waals surface area contributed by atoms with E-state index in [0.717, 1.165) is 5.01 Å². The minimum atomic E-state index is -1.05. The van der Waals surface area contributed by atoms with Gasteiger partial charge in [-0.05, 0) is 0 Å². The Morgan fingerprint density at radius 1 is 1.67 bits per heavy atom. The molecular formula is C8H12FNOS. The zero-order valence-corrected chi connectivity index (χ0v) is 7.94. The van der Waals surface area contributed by atoms with Crippen LogP contribution in [0.15, 0.2) is 5.38 Å². The van der Waals surface area contributed by atoms with Gasteiger partial charge in [-0.1, -0.05) is 13.8 Å². The van der Waals surface area contributed by atoms with E-state index in [4.69, 9.17) is 5.11 Å². The molecule has 0 aliphatic carbocycles. The smallest absolute Gasteiger partial charge is 0.125 e. The van der Waals surface area contributed by atoms with Crippen LogP contribution in [0.2, 0.25) is 0 Å². The molecule has 0 saturated carbocycles. The summed E-state index contributed by atoms with van der Waals surface area (Å²) in [6, 6.07) is 0. The second-order valence-corrected chi connectivity index (χ2v) is 3.83. The molecule has 68 valence electrons. The molecule has 0 fully saturated rings. The average Bonchev–Trinajstić information content (AvgIpc) is 2.51. The van der Waals surface area contributed by atoms with Gasteiger partial charge in [-0.15, -0.1) is 11.3 Å². The zero-order chi connectivity index (χ0) is 9.14. The van der Waals surface area contributed by atoms with Crippen molar-refractivity contribution in [2.24, 2.45) is 0 Å². The first kappa shape index (κ1) is 9.61. The van der Waals surface area contributed by atoms with Crippen LogP contribution in [0.1, 0.15) is 36.6 Å². The number of thiazole rings is 1. The van der Waals surface area contributed by atoms with E-state index in [-0.39, 0.29) is 0 Å². The van der Waals surface area contributed by atoms with E-state index in [2.05, 4.69) is 4.98 Å². The third-order valence-electron chi connectivity index (χ3n) is 1.52. The minimum Gasteiger partial charge on any atom is -0.384 e. The predicted octanol–water partition coefficient (Wildman–Crippen LogP) is 2.27. The van der Waals surface area contributed by atoms with Crippen LogP contribution in [-0.4, -0.2) is 16.8 Å². The van der Waals surface area contributed by atoms with Gasteiger partial charge in [-0.2, -0.15) is 0 Å². The van der Waals surface area contributed by atoms with Gasteiger partial charge in [0, 0.05) is 11.3 Å². The summed E-state index contributed by atoms with van der Waals surface area (Å²) in [5.74, 6) is 0.343. The SMILES string of the molecule is CC(C)c1nc(C(O)CF)cs1. The van der Waals surface area contributed by atoms with Gasteiger partial charge in [0.1, 0.15) is 12.8 Å². The molecule has 2 nitrogen and oxygen atoms in total. The maximum Gasteiger partial charge on any atom is 0.125 e. The molecule has 0 saturated heterocycles. The highest BCUT2D eigenvalue weighted by Gasteiger charge is 2.12. The molecule has 4 heteroatoms. The summed E-state index contributed by atoms with van der Waals surface area (Å²) >= 11 is 1.46. The third-order valence-corrected chi connectivity index (χ3v) is 2.68. The Morgan fingerprint density at radius 2 is 2.33 bits per heavy atom. The fourth-order valence-electron chi connectivity index (χ4n) is 0.798. The molecule has 1 unspecified atom stereocenters. The van der Waals surface area contributed by atoms with Crippen LogP contribution in [0, 0.1) is 0 Å². The first-order chi connectivity index (χ1) is 5.65. The minimum absolute atomic E-state index is 0.343. The van der Waals surface area contributed by atoms with E-state index in [1.54, 1.807) is 5.38 Å². The fraction of sp³-hybridized carbons (Fsp3) is 0.625. The summed E-state index contributed by atoms with van der Waals surface area (Å²) in [5, 5.41) is 11.7. The van der Waals surface area contributed by atoms with E-state index in [9.17, 15) is 4.39 Å². The second-order valence-electron chi connectivity index (χ2n) is 2.94. The zero-order valence-electron chi connectivity index (χ0n) is 7.12. The summed E-state index contributed by atoms with van der Waals surface area (Å²) < 4.78 is 12.0. The number of halogens is 1. The molecule has 1 heterocycles. The Bertz CT molecular complexity index is 249. The van der Waals surface area contributed by atoms with Crippen molar-refractivity contribution in [2.75, 3.05) is 6.67 Å². The van der Waals surface area contributed by atoms with E-state index >= 15 is 0 Å². The number of alkyl halides is 1. The lowest BCUT2D eigenvalue weighted by Gasteiger charge is -2.00. The van der Waals surface area contributed by atoms with Crippen LogP contribution in [-0.2, 0) is 0 Å². The molecule has 1 atom stereocenters. The average molecular weight is 189 g/mol. The summed E-state index contributed by atoms with van der Waals surface area (Å²) in [7, 11) is 0. The van der Waals surface area contributed by atoms with Gasteiger partial charge in [0.05, 0.1) is 10.7 Å². The van der Waals surface area contributed by atoms with Crippen LogP contribution in [0.4, 0.5) is 4.39 Å². The Labute approximate surface area is 75.1 Å². The van der Waals surface area contributed by atoms with Crippen molar-refractivity contribution in [3.63, 3.8) is 0 Å². The first-order valence-electron chi connectivity index (χ1n) is 3.84. The topological polar surface area (TPSA) is 33.1 Å². The van der Waals surface area contributed by atoms with Gasteiger partial charge in [-0.3, -0.25) is 0 Å². The predicted molar refractivity (Wildman–Crippen MR) is 47.1 cm³/mol. The van der Waals surface area contributed by atoms with Gasteiger partial charge in [0.15, 0.2) is 0 Å². The number of hydrogen-bond donors (Lipinski definition) is 1. The molecule has 1 rings (SSSR count). The van der Waals surface area contributed by atoms with E-state index < -0.39 is 12.8 Å². The van der Waals surface area contributed by atoms with Gasteiger partial charge < -0.3 is 5.11 Å². The summed E-state index contributed by atoms with van der Waals surface area (Å²) in [6.45, 7) is 3.27. The van der Waals surface area contributed by atoms with Crippen LogP contribution in [0.5, 0.6) is 0 Å². The van der Waals surface area contributed by atoms with Gasteiger partial charge in [-0.25, -0.2) is 9.37 Å². The first-order valence-corrected chi connectivity index (χ1v) is 4.72. The highest BCUT2D eigenvalue weighted by molar-refractivity contribution is 7.09. The van der Waals surface area contributed by atoms with Gasteiger partial charge in [0.2, 0.25) is 0 Å². The second kappa shape index (κ2) is 3.96. The standard InChI is InChI=1S/C8H12FNOS/c1-5(2)8-10-6(4-12-8)7(11)3-9/h4-5,7,11H,3H2,1-2H3. The number of hydrogen-bond acceptors (Lipinski definition) is 3. The number of aliphatic hydroxyl groups excluding tert-OH is 1. The number of aliphatic hydroxyl groups is 1. The molecule has 0 aromatic carbocycles. The maximum atomic E-state index is 12.0. The van der Waals surface area contributed by atoms with E-state index in [1.165, 1.54) is 11.3 Å². The van der Waals surface area contributed by atoms with Gasteiger partial charge in [0.25, 0.3) is 0 Å². The molecule has 1 aromatic rings. The molecule has 0 bridgehead atoms. The lowest BCUT2D eigenvalue weighted by molar-refractivity contribution is 0.138. The summed E-state index contributed by atoms with van der Waals surface area (Å²) in [5.41, 5.74) is 0.450. The van der Waals surface area contributed by atoms with Crippen LogP contribution >= 0.6 is 11.3 Å². The van der Waals surface area contributed by atoms with Crippen molar-refractivity contribution in [3.8, 4) is 0 Å². The van der Waals surface area contributed by atoms with Crippen LogP contribution in [0.25, 0.3) is 0 Å². The molecule has 1 N–H and O–H groups in total. The molecular weight excluding hydrogens is 177 g/mol. The van der Waals surface area contributed by atoms with Crippen molar-refractivity contribution in [2.45, 2.75) is 25.9 Å². The normalized spacial score (nSPS) is 13.8. The lowest BCUT2D eigenvalue weighted by atomic mass is 10.2. The molecule has 0 radical (unpaired) electrons. The largest absolute Gasteiger partial charge is 0.384 e. The third kappa shape index (κ3) is 2.01. The van der Waals surface area contributed by atoms with E-state index in [1.807, 2.05) is 13.8 Å². The molecule has 0 aliphatic heterocycles. The van der Waals surface area contributed by atoms with Crippen molar-refractivity contribution < 1.29 is 9.50 Å². The highest BCUT2D eigenvalue weighted by Crippen LogP contribution is 2.22. The fourth-order valence-corrected chi connectivity index (χ4v) is 1.68. The molecule has 12 heavy (non-hydrogen) atoms. The lowest BCUT2D eigenvalue weighted by Crippen LogP contribution is -2.00. The quantitative estimate of drug-likeness (QED) is 0.791. The van der Waals surface area contributed by atoms with Crippen LogP contribution in [0.3, 0.4) is 0 Å². The Balaban J connectivity index is 2.77. The molecule has 0 amide bonds. The van der Waals surface area contributed by atoms with Gasteiger partial charge >= 0.3 is 0 Å². The van der Waals surface area contributed by atoms with Crippen molar-refractivity contribution >= 4 is 11.3 Å². The molecule has 0 spiro atoms. The van der Waals surface area contributed by atoms with Crippen molar-refractivity contribution in [1.29, 1.82) is 0 Å². The highest BCUT2D eigenvalue weighted by atomic mass is 32.1. The number of aromatic nitrogens is 1. The number of rotatable bonds is 3. The van der Waals surface area contributed by atoms with E-state index in [0.29, 0.717) is 11.6 Å². The summed E-state index contributed by atoms with van der Waals surface area (Å²) in [6.07, 6.45) is -1.05. The Hall–Kier alpha value is -0.480. The Morgan fingerprint density at radius 3 is 2.75 bits per heavy atom. The molecule has 1 aromatic heterocycles. The molecule has 0 aliphatic rings. The monoisotopic (exact) mass is 189 g/mol.